The minimum absolute atomic E-state index is 0.385. The fraction of sp³-hybridized carbons (Fsp3) is 0.800. The van der Waals surface area contributed by atoms with E-state index in [4.69, 9.17) is 0 Å². The van der Waals surface area contributed by atoms with Crippen molar-refractivity contribution >= 4 is 5.78 Å². The second-order valence-corrected chi connectivity index (χ2v) is 5.62. The Morgan fingerprint density at radius 2 is 1.94 bits per heavy atom. The van der Waals surface area contributed by atoms with E-state index in [9.17, 15) is 4.79 Å². The van der Waals surface area contributed by atoms with Crippen molar-refractivity contribution in [2.45, 2.75) is 58.8 Å². The topological polar surface area (TPSA) is 17.1 Å². The first-order valence-corrected chi connectivity index (χ1v) is 6.95. The summed E-state index contributed by atoms with van der Waals surface area (Å²) in [4.78, 5) is 11.9. The lowest BCUT2D eigenvalue weighted by Crippen LogP contribution is -2.14. The molecule has 16 heavy (non-hydrogen) atoms. The molecule has 2 aliphatic carbocycles. The molecule has 1 nitrogen and oxygen atoms in total. The van der Waals surface area contributed by atoms with Crippen LogP contribution in [0.25, 0.3) is 0 Å². The number of carbonyl (C=O) groups excluding carboxylic acids is 1. The first kappa shape index (κ1) is 11.9. The van der Waals surface area contributed by atoms with E-state index >= 15 is 0 Å². The van der Waals surface area contributed by atoms with Gasteiger partial charge in [-0.2, -0.15) is 0 Å². The summed E-state index contributed by atoms with van der Waals surface area (Å²) in [6.07, 6.45) is 10.4. The summed E-state index contributed by atoms with van der Waals surface area (Å²) in [5.74, 6) is 2.95. The van der Waals surface area contributed by atoms with E-state index in [1.54, 1.807) is 0 Å². The summed E-state index contributed by atoms with van der Waals surface area (Å²) in [6.45, 7) is 4.28. The summed E-state index contributed by atoms with van der Waals surface area (Å²) in [6, 6.07) is 0. The normalized spacial score (nSPS) is 31.8. The lowest BCUT2D eigenvalue weighted by molar-refractivity contribution is -0.115. The maximum atomic E-state index is 11.9. The highest BCUT2D eigenvalue weighted by molar-refractivity contribution is 5.90. The van der Waals surface area contributed by atoms with Crippen LogP contribution in [0.2, 0.25) is 0 Å². The number of rotatable bonds is 5. The molecule has 2 aliphatic rings. The zero-order valence-electron chi connectivity index (χ0n) is 10.7. The van der Waals surface area contributed by atoms with Crippen molar-refractivity contribution < 1.29 is 4.79 Å². The molecular weight excluding hydrogens is 196 g/mol. The van der Waals surface area contributed by atoms with Gasteiger partial charge in [0.2, 0.25) is 0 Å². The zero-order chi connectivity index (χ0) is 11.5. The van der Waals surface area contributed by atoms with Crippen LogP contribution in [0, 0.1) is 17.8 Å². The van der Waals surface area contributed by atoms with Gasteiger partial charge in [-0.25, -0.2) is 0 Å². The Labute approximate surface area is 99.3 Å². The third-order valence-electron chi connectivity index (χ3n) is 4.62. The van der Waals surface area contributed by atoms with Crippen molar-refractivity contribution in [3.63, 3.8) is 0 Å². The SMILES string of the molecule is CCC(=CC(=O)CC1CC2CCC1C2)CC. The third-order valence-corrected chi connectivity index (χ3v) is 4.62. The van der Waals surface area contributed by atoms with Gasteiger partial charge in [-0.15, -0.1) is 0 Å². The predicted molar refractivity (Wildman–Crippen MR) is 67.2 cm³/mol. The van der Waals surface area contributed by atoms with Gasteiger partial charge in [0.15, 0.2) is 5.78 Å². The van der Waals surface area contributed by atoms with Gasteiger partial charge in [-0.3, -0.25) is 4.79 Å². The summed E-state index contributed by atoms with van der Waals surface area (Å²) in [5, 5.41) is 0. The molecule has 0 aromatic rings. The van der Waals surface area contributed by atoms with E-state index in [-0.39, 0.29) is 0 Å². The Kier molecular flexibility index (Phi) is 3.83. The van der Waals surface area contributed by atoms with E-state index in [0.717, 1.165) is 37.0 Å². The van der Waals surface area contributed by atoms with Gasteiger partial charge >= 0.3 is 0 Å². The van der Waals surface area contributed by atoms with Crippen LogP contribution in [0.1, 0.15) is 58.8 Å². The van der Waals surface area contributed by atoms with Gasteiger partial charge < -0.3 is 0 Å². The molecule has 2 fully saturated rings. The summed E-state index contributed by atoms with van der Waals surface area (Å²) < 4.78 is 0. The Balaban J connectivity index is 1.86. The van der Waals surface area contributed by atoms with Crippen molar-refractivity contribution in [1.29, 1.82) is 0 Å². The van der Waals surface area contributed by atoms with E-state index in [0.29, 0.717) is 5.78 Å². The fourth-order valence-corrected chi connectivity index (χ4v) is 3.63. The van der Waals surface area contributed by atoms with E-state index in [2.05, 4.69) is 13.8 Å². The lowest BCUT2D eigenvalue weighted by Gasteiger charge is -2.20. The number of carbonyl (C=O) groups is 1. The minimum atomic E-state index is 0.385. The molecule has 2 rings (SSSR count). The molecule has 0 aliphatic heterocycles. The van der Waals surface area contributed by atoms with Crippen LogP contribution in [0.5, 0.6) is 0 Å². The first-order valence-electron chi connectivity index (χ1n) is 6.95. The van der Waals surface area contributed by atoms with E-state index < -0.39 is 0 Å². The molecule has 0 aromatic heterocycles. The van der Waals surface area contributed by atoms with Crippen LogP contribution in [0.3, 0.4) is 0 Å². The summed E-state index contributed by atoms with van der Waals surface area (Å²) in [7, 11) is 0. The van der Waals surface area contributed by atoms with Crippen LogP contribution < -0.4 is 0 Å². The Bertz CT molecular complexity index is 284. The molecule has 90 valence electrons. The number of ketones is 1. The number of hydrogen-bond donors (Lipinski definition) is 0. The van der Waals surface area contributed by atoms with Crippen molar-refractivity contribution in [3.8, 4) is 0 Å². The summed E-state index contributed by atoms with van der Waals surface area (Å²) >= 11 is 0. The maximum absolute atomic E-state index is 11.9. The van der Waals surface area contributed by atoms with Crippen LogP contribution in [-0.4, -0.2) is 5.78 Å². The smallest absolute Gasteiger partial charge is 0.155 e. The molecular formula is C15H24O. The Morgan fingerprint density at radius 3 is 2.44 bits per heavy atom. The minimum Gasteiger partial charge on any atom is -0.295 e. The van der Waals surface area contributed by atoms with Gasteiger partial charge in [0.1, 0.15) is 0 Å². The molecule has 0 saturated heterocycles. The third kappa shape index (κ3) is 2.56. The van der Waals surface area contributed by atoms with Gasteiger partial charge in [0.25, 0.3) is 0 Å². The standard InChI is InChI=1S/C15H24O/c1-3-11(4-2)9-15(16)10-14-8-12-5-6-13(14)7-12/h9,12-14H,3-8,10H2,1-2H3. The summed E-state index contributed by atoms with van der Waals surface area (Å²) in [5.41, 5.74) is 1.31. The quantitative estimate of drug-likeness (QED) is 0.637. The van der Waals surface area contributed by atoms with Crippen LogP contribution in [0.4, 0.5) is 0 Å². The number of hydrogen-bond acceptors (Lipinski definition) is 1. The van der Waals surface area contributed by atoms with Gasteiger partial charge in [0, 0.05) is 6.42 Å². The van der Waals surface area contributed by atoms with Crippen LogP contribution in [0.15, 0.2) is 11.6 Å². The van der Waals surface area contributed by atoms with Crippen LogP contribution in [-0.2, 0) is 4.79 Å². The molecule has 0 aromatic carbocycles. The largest absolute Gasteiger partial charge is 0.295 e. The van der Waals surface area contributed by atoms with E-state index in [1.807, 2.05) is 6.08 Å². The second kappa shape index (κ2) is 5.16. The highest BCUT2D eigenvalue weighted by atomic mass is 16.1. The second-order valence-electron chi connectivity index (χ2n) is 5.62. The highest BCUT2D eigenvalue weighted by Gasteiger charge is 2.39. The monoisotopic (exact) mass is 220 g/mol. The van der Waals surface area contributed by atoms with Gasteiger partial charge in [-0.1, -0.05) is 25.8 Å². The number of fused-ring (bicyclic) bond motifs is 2. The van der Waals surface area contributed by atoms with Crippen molar-refractivity contribution in [2.24, 2.45) is 17.8 Å². The maximum Gasteiger partial charge on any atom is 0.155 e. The van der Waals surface area contributed by atoms with Crippen molar-refractivity contribution in [1.82, 2.24) is 0 Å². The van der Waals surface area contributed by atoms with Crippen LogP contribution >= 0.6 is 0 Å². The lowest BCUT2D eigenvalue weighted by atomic mass is 9.85. The molecule has 3 unspecified atom stereocenters. The van der Waals surface area contributed by atoms with Gasteiger partial charge in [-0.05, 0) is 55.9 Å². The van der Waals surface area contributed by atoms with Gasteiger partial charge in [0.05, 0.1) is 0 Å². The average molecular weight is 220 g/mol. The molecule has 0 radical (unpaired) electrons. The molecule has 0 N–H and O–H groups in total. The molecule has 1 heteroatoms. The van der Waals surface area contributed by atoms with Crippen molar-refractivity contribution in [2.75, 3.05) is 0 Å². The molecule has 3 atom stereocenters. The Hall–Kier alpha value is -0.590. The van der Waals surface area contributed by atoms with E-state index in [1.165, 1.54) is 31.3 Å². The number of allylic oxidation sites excluding steroid dienone is 2. The Morgan fingerprint density at radius 1 is 1.19 bits per heavy atom. The highest BCUT2D eigenvalue weighted by Crippen LogP contribution is 2.49. The molecule has 0 heterocycles. The van der Waals surface area contributed by atoms with Crippen molar-refractivity contribution in [3.05, 3.63) is 11.6 Å². The average Bonchev–Trinajstić information content (AvgIpc) is 2.87. The molecule has 2 bridgehead atoms. The zero-order valence-corrected chi connectivity index (χ0v) is 10.7. The molecule has 0 spiro atoms. The first-order chi connectivity index (χ1) is 7.72. The predicted octanol–water partition coefficient (Wildman–Crippen LogP) is 4.13. The fourth-order valence-electron chi connectivity index (χ4n) is 3.63. The molecule has 2 saturated carbocycles. The molecule has 0 amide bonds.